The van der Waals surface area contributed by atoms with Crippen molar-refractivity contribution in [2.24, 2.45) is 0 Å². The maximum Gasteiger partial charge on any atom is 0.306 e. The number of hydrogen-bond acceptors (Lipinski definition) is 10. The van der Waals surface area contributed by atoms with E-state index < -0.39 is 54.5 Å². The fourth-order valence-corrected chi connectivity index (χ4v) is 3.67. The van der Waals surface area contributed by atoms with Crippen molar-refractivity contribution in [1.82, 2.24) is 9.80 Å². The summed E-state index contributed by atoms with van der Waals surface area (Å²) >= 11 is 0. The van der Waals surface area contributed by atoms with Crippen molar-refractivity contribution in [1.29, 1.82) is 0 Å². The number of ether oxygens (including phenoxy) is 2. The standard InChI is InChI=1S/C23H16N2O10/c1-10(26)34-9-24-19(29)14-5-3-12(7-16(14)20(24)30)18(28)13-4-6-15-17(8-13)22(32)25(21(15)31)23(33)35-11(2)27/h3-8,23,33H,9H2,1-2H3/t23-/m0/s1. The van der Waals surface area contributed by atoms with E-state index in [0.717, 1.165) is 24.8 Å². The van der Waals surface area contributed by atoms with Crippen molar-refractivity contribution >= 4 is 41.4 Å². The van der Waals surface area contributed by atoms with Crippen LogP contribution in [0.1, 0.15) is 71.2 Å². The van der Waals surface area contributed by atoms with Crippen LogP contribution in [0.15, 0.2) is 36.4 Å². The number of carbonyl (C=O) groups is 7. The second-order valence-electron chi connectivity index (χ2n) is 7.57. The van der Waals surface area contributed by atoms with Gasteiger partial charge in [0.2, 0.25) is 0 Å². The molecule has 12 heteroatoms. The summed E-state index contributed by atoms with van der Waals surface area (Å²) in [7, 11) is 0. The molecule has 0 aliphatic carbocycles. The molecule has 0 radical (unpaired) electrons. The number of imide groups is 2. The topological polar surface area (TPSA) is 165 Å². The average molecular weight is 480 g/mol. The molecule has 4 amide bonds. The molecular weight excluding hydrogens is 464 g/mol. The Labute approximate surface area is 196 Å². The van der Waals surface area contributed by atoms with Gasteiger partial charge in [0.05, 0.1) is 22.3 Å². The Bertz CT molecular complexity index is 1360. The summed E-state index contributed by atoms with van der Waals surface area (Å²) in [5, 5.41) is 9.90. The molecule has 1 N–H and O–H groups in total. The number of carbonyl (C=O) groups excluding carboxylic acids is 7. The number of aliphatic hydroxyl groups is 1. The van der Waals surface area contributed by atoms with Crippen LogP contribution in [0.3, 0.4) is 0 Å². The molecule has 0 spiro atoms. The lowest BCUT2D eigenvalue weighted by Gasteiger charge is -2.19. The zero-order valence-corrected chi connectivity index (χ0v) is 18.3. The number of amides is 4. The molecule has 2 aromatic carbocycles. The Morgan fingerprint density at radius 2 is 1.26 bits per heavy atom. The minimum absolute atomic E-state index is 0.0118. The lowest BCUT2D eigenvalue weighted by molar-refractivity contribution is -0.183. The summed E-state index contributed by atoms with van der Waals surface area (Å²) in [6.07, 6.45) is -2.13. The van der Waals surface area contributed by atoms with Crippen LogP contribution in [0.25, 0.3) is 0 Å². The first kappa shape index (κ1) is 23.4. The molecule has 0 saturated carbocycles. The molecular formula is C23H16N2O10. The van der Waals surface area contributed by atoms with Gasteiger partial charge in [-0.2, -0.15) is 0 Å². The van der Waals surface area contributed by atoms with Crippen LogP contribution >= 0.6 is 0 Å². The van der Waals surface area contributed by atoms with Crippen molar-refractivity contribution in [2.75, 3.05) is 6.73 Å². The third kappa shape index (κ3) is 3.95. The van der Waals surface area contributed by atoms with Crippen LogP contribution < -0.4 is 0 Å². The highest BCUT2D eigenvalue weighted by Crippen LogP contribution is 2.28. The van der Waals surface area contributed by atoms with E-state index in [2.05, 4.69) is 4.74 Å². The smallest absolute Gasteiger partial charge is 0.306 e. The Morgan fingerprint density at radius 1 is 0.771 bits per heavy atom. The van der Waals surface area contributed by atoms with Gasteiger partial charge >= 0.3 is 11.9 Å². The summed E-state index contributed by atoms with van der Waals surface area (Å²) in [5.74, 6) is -5.52. The highest BCUT2D eigenvalue weighted by atomic mass is 16.7. The molecule has 0 bridgehead atoms. The number of hydrogen-bond donors (Lipinski definition) is 1. The second-order valence-corrected chi connectivity index (χ2v) is 7.57. The predicted molar refractivity (Wildman–Crippen MR) is 112 cm³/mol. The minimum atomic E-state index is -2.13. The van der Waals surface area contributed by atoms with Gasteiger partial charge in [-0.15, -0.1) is 0 Å². The Kier molecular flexibility index (Phi) is 5.74. The first-order chi connectivity index (χ1) is 16.5. The number of nitrogens with zero attached hydrogens (tertiary/aromatic N) is 2. The van der Waals surface area contributed by atoms with Gasteiger partial charge in [-0.05, 0) is 24.3 Å². The van der Waals surface area contributed by atoms with Crippen LogP contribution in [0.2, 0.25) is 0 Å². The van der Waals surface area contributed by atoms with E-state index >= 15 is 0 Å². The van der Waals surface area contributed by atoms with Crippen LogP contribution in [0.5, 0.6) is 0 Å². The summed E-state index contributed by atoms with van der Waals surface area (Å²) in [5.41, 5.74) is -0.310. The highest BCUT2D eigenvalue weighted by Gasteiger charge is 2.41. The van der Waals surface area contributed by atoms with Gasteiger partial charge < -0.3 is 14.6 Å². The molecule has 178 valence electrons. The summed E-state index contributed by atoms with van der Waals surface area (Å²) in [6.45, 7) is 1.55. The first-order valence-corrected chi connectivity index (χ1v) is 10.1. The Morgan fingerprint density at radius 3 is 1.80 bits per heavy atom. The Hall–Kier alpha value is -4.71. The largest absolute Gasteiger partial charge is 0.444 e. The predicted octanol–water partition coefficient (Wildman–Crippen LogP) is 0.469. The monoisotopic (exact) mass is 480 g/mol. The lowest BCUT2D eigenvalue weighted by Crippen LogP contribution is -2.42. The van der Waals surface area contributed by atoms with Gasteiger partial charge in [0.1, 0.15) is 0 Å². The van der Waals surface area contributed by atoms with E-state index in [-0.39, 0.29) is 33.4 Å². The fourth-order valence-electron chi connectivity index (χ4n) is 3.67. The van der Waals surface area contributed by atoms with Crippen molar-refractivity contribution in [3.8, 4) is 0 Å². The number of fused-ring (bicyclic) bond motifs is 2. The second kappa shape index (κ2) is 8.57. The van der Waals surface area contributed by atoms with Crippen LogP contribution in [0, 0.1) is 0 Å². The molecule has 2 aliphatic heterocycles. The van der Waals surface area contributed by atoms with Gasteiger partial charge in [-0.3, -0.25) is 33.6 Å². The zero-order valence-electron chi connectivity index (χ0n) is 18.3. The molecule has 12 nitrogen and oxygen atoms in total. The maximum absolute atomic E-state index is 13.1. The number of ketones is 1. The van der Waals surface area contributed by atoms with E-state index in [1.807, 2.05) is 0 Å². The molecule has 0 aromatic heterocycles. The number of aliphatic hydroxyl groups excluding tert-OH is 1. The normalized spacial score (nSPS) is 15.2. The average Bonchev–Trinajstić information content (AvgIpc) is 3.20. The third-order valence-corrected chi connectivity index (χ3v) is 5.30. The van der Waals surface area contributed by atoms with E-state index in [9.17, 15) is 38.7 Å². The molecule has 1 atom stereocenters. The van der Waals surface area contributed by atoms with Crippen molar-refractivity contribution in [3.05, 3.63) is 69.8 Å². The first-order valence-electron chi connectivity index (χ1n) is 10.1. The highest BCUT2D eigenvalue weighted by molar-refractivity contribution is 6.24. The molecule has 0 saturated heterocycles. The zero-order chi connectivity index (χ0) is 25.6. The number of rotatable bonds is 6. The van der Waals surface area contributed by atoms with Crippen molar-refractivity contribution in [2.45, 2.75) is 20.3 Å². The van der Waals surface area contributed by atoms with Crippen molar-refractivity contribution < 1.29 is 48.1 Å². The Balaban J connectivity index is 1.61. The van der Waals surface area contributed by atoms with Crippen LogP contribution in [0.4, 0.5) is 0 Å². The summed E-state index contributed by atoms with van der Waals surface area (Å²) in [4.78, 5) is 86.3. The third-order valence-electron chi connectivity index (χ3n) is 5.30. The molecule has 2 heterocycles. The van der Waals surface area contributed by atoms with E-state index in [4.69, 9.17) is 4.74 Å². The van der Waals surface area contributed by atoms with E-state index in [1.165, 1.54) is 30.3 Å². The summed E-state index contributed by atoms with van der Waals surface area (Å²) < 4.78 is 9.22. The number of esters is 2. The molecule has 4 rings (SSSR count). The summed E-state index contributed by atoms with van der Waals surface area (Å²) in [6, 6.07) is 7.45. The van der Waals surface area contributed by atoms with Gasteiger partial charge in [-0.1, -0.05) is 12.1 Å². The van der Waals surface area contributed by atoms with E-state index in [1.54, 1.807) is 0 Å². The lowest BCUT2D eigenvalue weighted by atomic mass is 9.96. The van der Waals surface area contributed by atoms with Gasteiger partial charge in [0.15, 0.2) is 12.5 Å². The molecule has 2 aliphatic rings. The molecule has 2 aromatic rings. The molecule has 0 unspecified atom stereocenters. The van der Waals surface area contributed by atoms with Gasteiger partial charge in [0, 0.05) is 25.0 Å². The van der Waals surface area contributed by atoms with Gasteiger partial charge in [-0.25, -0.2) is 9.80 Å². The minimum Gasteiger partial charge on any atom is -0.444 e. The number of benzene rings is 2. The van der Waals surface area contributed by atoms with E-state index in [0.29, 0.717) is 4.90 Å². The van der Waals surface area contributed by atoms with Gasteiger partial charge in [0.25, 0.3) is 30.0 Å². The van der Waals surface area contributed by atoms with Crippen LogP contribution in [-0.2, 0) is 19.1 Å². The fraction of sp³-hybridized carbons (Fsp3) is 0.174. The van der Waals surface area contributed by atoms with Crippen molar-refractivity contribution in [3.63, 3.8) is 0 Å². The molecule has 0 fully saturated rings. The molecule has 35 heavy (non-hydrogen) atoms. The van der Waals surface area contributed by atoms with Crippen LogP contribution in [-0.4, -0.2) is 69.4 Å². The maximum atomic E-state index is 13.1. The quantitative estimate of drug-likeness (QED) is 0.266. The SMILES string of the molecule is CC(=O)OCN1C(=O)c2ccc(C(=O)c3ccc4c(c3)C(=O)N([C@@H](O)OC(C)=O)C4=O)cc2C1=O.